The lowest BCUT2D eigenvalue weighted by Gasteiger charge is -2.13. The molecule has 0 atom stereocenters. The molecule has 0 aliphatic carbocycles. The molecular weight excluding hydrogens is 347 g/mol. The summed E-state index contributed by atoms with van der Waals surface area (Å²) in [6.07, 6.45) is 4.40. The standard InChI is InChI=1S/C17H22F3N5O/c1-2-21-17(22-8-4-10-25-11-5-9-24-25)23-12-13-14(18)6-3-7-15(13)26-16(19)20/h3,5-7,9,11,16H,2,4,8,10,12H2,1H3,(H2,21,22,23). The molecule has 0 fully saturated rings. The number of ether oxygens (including phenoxy) is 1. The molecule has 0 saturated carbocycles. The van der Waals surface area contributed by atoms with Gasteiger partial charge in [-0.05, 0) is 31.5 Å². The highest BCUT2D eigenvalue weighted by atomic mass is 19.3. The first-order valence-electron chi connectivity index (χ1n) is 8.32. The molecule has 0 saturated heterocycles. The average molecular weight is 369 g/mol. The van der Waals surface area contributed by atoms with Gasteiger partial charge in [0.1, 0.15) is 11.6 Å². The lowest BCUT2D eigenvalue weighted by molar-refractivity contribution is -0.0506. The van der Waals surface area contributed by atoms with E-state index < -0.39 is 12.4 Å². The summed E-state index contributed by atoms with van der Waals surface area (Å²) in [5.41, 5.74) is -0.0125. The van der Waals surface area contributed by atoms with Crippen LogP contribution in [0.2, 0.25) is 0 Å². The highest BCUT2D eigenvalue weighted by molar-refractivity contribution is 5.79. The smallest absolute Gasteiger partial charge is 0.387 e. The van der Waals surface area contributed by atoms with Crippen molar-refractivity contribution >= 4 is 5.96 Å². The topological polar surface area (TPSA) is 63.5 Å². The molecule has 0 spiro atoms. The number of aryl methyl sites for hydroxylation is 1. The van der Waals surface area contributed by atoms with Gasteiger partial charge in [-0.1, -0.05) is 6.07 Å². The Bertz CT molecular complexity index is 692. The van der Waals surface area contributed by atoms with Crippen LogP contribution in [0, 0.1) is 5.82 Å². The Labute approximate surface area is 150 Å². The maximum Gasteiger partial charge on any atom is 0.387 e. The van der Waals surface area contributed by atoms with Crippen LogP contribution in [-0.2, 0) is 13.1 Å². The Hall–Kier alpha value is -2.71. The SMILES string of the molecule is CCNC(=NCc1c(F)cccc1OC(F)F)NCCCn1cccn1. The van der Waals surface area contributed by atoms with Crippen molar-refractivity contribution in [2.45, 2.75) is 33.0 Å². The van der Waals surface area contributed by atoms with Crippen molar-refractivity contribution in [1.29, 1.82) is 0 Å². The van der Waals surface area contributed by atoms with Gasteiger partial charge in [0.25, 0.3) is 0 Å². The van der Waals surface area contributed by atoms with E-state index in [1.807, 2.05) is 23.9 Å². The summed E-state index contributed by atoms with van der Waals surface area (Å²) < 4.78 is 45.1. The van der Waals surface area contributed by atoms with Gasteiger partial charge < -0.3 is 15.4 Å². The van der Waals surface area contributed by atoms with Crippen LogP contribution >= 0.6 is 0 Å². The molecule has 2 aromatic rings. The first-order chi connectivity index (χ1) is 12.6. The Morgan fingerprint density at radius 2 is 2.15 bits per heavy atom. The average Bonchev–Trinajstić information content (AvgIpc) is 3.11. The minimum atomic E-state index is -3.02. The monoisotopic (exact) mass is 369 g/mol. The van der Waals surface area contributed by atoms with E-state index in [9.17, 15) is 13.2 Å². The van der Waals surface area contributed by atoms with Crippen LogP contribution < -0.4 is 15.4 Å². The van der Waals surface area contributed by atoms with Crippen LogP contribution in [0.4, 0.5) is 13.2 Å². The van der Waals surface area contributed by atoms with E-state index in [4.69, 9.17) is 0 Å². The van der Waals surface area contributed by atoms with Gasteiger partial charge in [-0.2, -0.15) is 13.9 Å². The van der Waals surface area contributed by atoms with Gasteiger partial charge >= 0.3 is 6.61 Å². The fourth-order valence-corrected chi connectivity index (χ4v) is 2.28. The van der Waals surface area contributed by atoms with E-state index in [1.165, 1.54) is 18.2 Å². The van der Waals surface area contributed by atoms with Crippen molar-refractivity contribution in [2.75, 3.05) is 13.1 Å². The molecule has 9 heteroatoms. The van der Waals surface area contributed by atoms with Crippen LogP contribution in [0.3, 0.4) is 0 Å². The van der Waals surface area contributed by atoms with Crippen molar-refractivity contribution in [1.82, 2.24) is 20.4 Å². The predicted molar refractivity (Wildman–Crippen MR) is 92.7 cm³/mol. The third kappa shape index (κ3) is 6.30. The van der Waals surface area contributed by atoms with Crippen molar-refractivity contribution in [3.8, 4) is 5.75 Å². The first kappa shape index (κ1) is 19.6. The summed E-state index contributed by atoms with van der Waals surface area (Å²) in [6.45, 7) is 0.747. The molecule has 0 unspecified atom stereocenters. The number of alkyl halides is 2. The molecule has 0 amide bonds. The highest BCUT2D eigenvalue weighted by Gasteiger charge is 2.13. The zero-order valence-electron chi connectivity index (χ0n) is 14.5. The second-order valence-electron chi connectivity index (χ2n) is 5.34. The molecule has 0 bridgehead atoms. The summed E-state index contributed by atoms with van der Waals surface area (Å²) in [5, 5.41) is 10.3. The quantitative estimate of drug-likeness (QED) is 0.405. The highest BCUT2D eigenvalue weighted by Crippen LogP contribution is 2.24. The van der Waals surface area contributed by atoms with Crippen molar-refractivity contribution in [2.24, 2.45) is 4.99 Å². The summed E-state index contributed by atoms with van der Waals surface area (Å²) in [7, 11) is 0. The first-order valence-corrected chi connectivity index (χ1v) is 8.32. The Morgan fingerprint density at radius 3 is 2.85 bits per heavy atom. The fraction of sp³-hybridized carbons (Fsp3) is 0.412. The largest absolute Gasteiger partial charge is 0.434 e. The molecule has 26 heavy (non-hydrogen) atoms. The number of benzene rings is 1. The molecule has 2 N–H and O–H groups in total. The van der Waals surface area contributed by atoms with Crippen molar-refractivity contribution in [3.63, 3.8) is 0 Å². The number of hydrogen-bond donors (Lipinski definition) is 2. The molecule has 1 aromatic heterocycles. The van der Waals surface area contributed by atoms with Crippen LogP contribution in [0.15, 0.2) is 41.7 Å². The molecule has 142 valence electrons. The summed E-state index contributed by atoms with van der Waals surface area (Å²) in [4.78, 5) is 4.25. The summed E-state index contributed by atoms with van der Waals surface area (Å²) in [6, 6.07) is 5.66. The second kappa shape index (κ2) is 10.3. The number of rotatable bonds is 9. The maximum absolute atomic E-state index is 14.0. The van der Waals surface area contributed by atoms with Crippen LogP contribution in [-0.4, -0.2) is 35.4 Å². The van der Waals surface area contributed by atoms with Crippen LogP contribution in [0.25, 0.3) is 0 Å². The number of aliphatic imine (C=N–C) groups is 1. The fourth-order valence-electron chi connectivity index (χ4n) is 2.28. The molecule has 6 nitrogen and oxygen atoms in total. The van der Waals surface area contributed by atoms with E-state index in [2.05, 4.69) is 25.5 Å². The molecule has 1 aromatic carbocycles. The van der Waals surface area contributed by atoms with Crippen LogP contribution in [0.5, 0.6) is 5.75 Å². The lowest BCUT2D eigenvalue weighted by Crippen LogP contribution is -2.38. The number of aromatic nitrogens is 2. The normalized spacial score (nSPS) is 11.7. The third-order valence-corrected chi connectivity index (χ3v) is 3.45. The lowest BCUT2D eigenvalue weighted by atomic mass is 10.2. The van der Waals surface area contributed by atoms with E-state index >= 15 is 0 Å². The van der Waals surface area contributed by atoms with Gasteiger partial charge in [0.15, 0.2) is 5.96 Å². The third-order valence-electron chi connectivity index (χ3n) is 3.45. The molecule has 0 radical (unpaired) electrons. The molecule has 0 aliphatic heterocycles. The Kier molecular flexibility index (Phi) is 7.78. The summed E-state index contributed by atoms with van der Waals surface area (Å²) in [5.74, 6) is -0.376. The van der Waals surface area contributed by atoms with Gasteiger partial charge in [-0.25, -0.2) is 9.38 Å². The maximum atomic E-state index is 14.0. The molecule has 2 rings (SSSR count). The number of guanidine groups is 1. The van der Waals surface area contributed by atoms with Gasteiger partial charge in [0.2, 0.25) is 0 Å². The van der Waals surface area contributed by atoms with E-state index in [1.54, 1.807) is 6.20 Å². The van der Waals surface area contributed by atoms with Gasteiger partial charge in [-0.3, -0.25) is 4.68 Å². The van der Waals surface area contributed by atoms with Crippen molar-refractivity contribution < 1.29 is 17.9 Å². The minimum absolute atomic E-state index is 0.0125. The van der Waals surface area contributed by atoms with E-state index in [0.717, 1.165) is 13.0 Å². The number of nitrogens with one attached hydrogen (secondary N) is 2. The number of nitrogens with zero attached hydrogens (tertiary/aromatic N) is 3. The zero-order valence-corrected chi connectivity index (χ0v) is 14.5. The van der Waals surface area contributed by atoms with Gasteiger partial charge in [0, 0.05) is 32.0 Å². The number of hydrogen-bond acceptors (Lipinski definition) is 3. The van der Waals surface area contributed by atoms with E-state index in [0.29, 0.717) is 19.0 Å². The minimum Gasteiger partial charge on any atom is -0.434 e. The van der Waals surface area contributed by atoms with E-state index in [-0.39, 0.29) is 17.9 Å². The zero-order chi connectivity index (χ0) is 18.8. The Morgan fingerprint density at radius 1 is 1.31 bits per heavy atom. The van der Waals surface area contributed by atoms with Gasteiger partial charge in [-0.15, -0.1) is 0 Å². The predicted octanol–water partition coefficient (Wildman–Crippen LogP) is 2.77. The summed E-state index contributed by atoms with van der Waals surface area (Å²) >= 11 is 0. The Balaban J connectivity index is 1.95. The molecule has 0 aliphatic rings. The number of halogens is 3. The molecular formula is C17H22F3N5O. The van der Waals surface area contributed by atoms with Gasteiger partial charge in [0.05, 0.1) is 12.1 Å². The van der Waals surface area contributed by atoms with Crippen LogP contribution in [0.1, 0.15) is 18.9 Å². The second-order valence-corrected chi connectivity index (χ2v) is 5.34. The van der Waals surface area contributed by atoms with Crippen molar-refractivity contribution in [3.05, 3.63) is 48.0 Å². The molecule has 1 heterocycles.